The molecular weight excluding hydrogens is 407 g/mol. The van der Waals surface area contributed by atoms with E-state index in [0.29, 0.717) is 5.82 Å². The van der Waals surface area contributed by atoms with Crippen LogP contribution in [0.1, 0.15) is 40.5 Å². The molecule has 0 aromatic carbocycles. The quantitative estimate of drug-likeness (QED) is 0.496. The van der Waals surface area contributed by atoms with Crippen LogP contribution >= 0.6 is 22.6 Å². The van der Waals surface area contributed by atoms with Gasteiger partial charge in [-0.05, 0) is 75.3 Å². The van der Waals surface area contributed by atoms with E-state index in [1.165, 1.54) is 0 Å². The highest BCUT2D eigenvalue weighted by molar-refractivity contribution is 14.1. The van der Waals surface area contributed by atoms with Gasteiger partial charge in [-0.2, -0.15) is 0 Å². The second kappa shape index (κ2) is 6.72. The van der Waals surface area contributed by atoms with Gasteiger partial charge >= 0.3 is 11.8 Å². The minimum atomic E-state index is -0.687. The predicted octanol–water partition coefficient (Wildman–Crippen LogP) is 2.05. The first kappa shape index (κ1) is 18.1. The van der Waals surface area contributed by atoms with Crippen molar-refractivity contribution in [3.63, 3.8) is 0 Å². The Labute approximate surface area is 150 Å². The summed E-state index contributed by atoms with van der Waals surface area (Å²) in [5, 5.41) is 8.91. The molecule has 0 saturated carbocycles. The van der Waals surface area contributed by atoms with E-state index in [1.54, 1.807) is 12.3 Å². The monoisotopic (exact) mass is 430 g/mol. The van der Waals surface area contributed by atoms with E-state index < -0.39 is 11.8 Å². The van der Waals surface area contributed by atoms with Gasteiger partial charge in [-0.3, -0.25) is 9.59 Å². The molecule has 23 heavy (non-hydrogen) atoms. The minimum absolute atomic E-state index is 0.0378. The Bertz CT molecular complexity index is 583. The number of piperidine rings is 1. The van der Waals surface area contributed by atoms with Crippen LogP contribution in [-0.4, -0.2) is 33.9 Å². The first-order valence-electron chi connectivity index (χ1n) is 7.59. The molecule has 0 atom stereocenters. The van der Waals surface area contributed by atoms with Crippen LogP contribution < -0.4 is 16.0 Å². The van der Waals surface area contributed by atoms with Gasteiger partial charge in [0.2, 0.25) is 0 Å². The number of nitrogens with one attached hydrogen (secondary N) is 3. The smallest absolute Gasteiger partial charge is 0.314 e. The third-order valence-electron chi connectivity index (χ3n) is 3.70. The Balaban J connectivity index is 1.95. The van der Waals surface area contributed by atoms with Gasteiger partial charge < -0.3 is 16.0 Å². The summed E-state index contributed by atoms with van der Waals surface area (Å²) in [6, 6.07) is 3.45. The Hall–Kier alpha value is -1.22. The highest BCUT2D eigenvalue weighted by Gasteiger charge is 2.38. The molecule has 1 saturated heterocycles. The van der Waals surface area contributed by atoms with Crippen molar-refractivity contribution < 1.29 is 9.59 Å². The van der Waals surface area contributed by atoms with Gasteiger partial charge in [-0.25, -0.2) is 4.98 Å². The maximum atomic E-state index is 12.1. The number of hydrogen-bond donors (Lipinski definition) is 3. The zero-order chi connectivity index (χ0) is 17.3. The van der Waals surface area contributed by atoms with Crippen LogP contribution in [0.3, 0.4) is 0 Å². The topological polar surface area (TPSA) is 83.1 Å². The van der Waals surface area contributed by atoms with Crippen molar-refractivity contribution in [2.24, 2.45) is 0 Å². The fourth-order valence-electron chi connectivity index (χ4n) is 3.30. The van der Waals surface area contributed by atoms with Gasteiger partial charge in [0.05, 0.1) is 0 Å². The van der Waals surface area contributed by atoms with Crippen LogP contribution in [0.2, 0.25) is 0 Å². The lowest BCUT2D eigenvalue weighted by Crippen LogP contribution is -2.62. The van der Waals surface area contributed by atoms with Gasteiger partial charge in [0.15, 0.2) is 0 Å². The lowest BCUT2D eigenvalue weighted by molar-refractivity contribution is -0.137. The van der Waals surface area contributed by atoms with E-state index >= 15 is 0 Å². The molecular formula is C16H23IN4O2. The lowest BCUT2D eigenvalue weighted by Gasteiger charge is -2.46. The van der Waals surface area contributed by atoms with Crippen molar-refractivity contribution in [1.29, 1.82) is 0 Å². The van der Waals surface area contributed by atoms with Crippen LogP contribution in [-0.2, 0) is 9.59 Å². The largest absolute Gasteiger partial charge is 0.345 e. The molecule has 126 valence electrons. The average Bonchev–Trinajstić information content (AvgIpc) is 2.37. The summed E-state index contributed by atoms with van der Waals surface area (Å²) in [6.07, 6.45) is 3.18. The zero-order valence-corrected chi connectivity index (χ0v) is 16.0. The molecule has 2 amide bonds. The molecule has 1 aromatic heterocycles. The fraction of sp³-hybridized carbons (Fsp3) is 0.562. The standard InChI is InChI=1S/C16H23IN4O2/c1-15(2)7-11(8-16(3,4)21-15)19-13(22)14(23)20-12-6-5-10(17)9-18-12/h5-6,9,11,21H,7-8H2,1-4H3,(H,19,22)(H,18,20,23). The molecule has 1 fully saturated rings. The van der Waals surface area contributed by atoms with E-state index in [9.17, 15) is 9.59 Å². The molecule has 7 heteroatoms. The van der Waals surface area contributed by atoms with Crippen LogP contribution in [0.5, 0.6) is 0 Å². The van der Waals surface area contributed by atoms with Crippen molar-refractivity contribution in [3.05, 3.63) is 21.9 Å². The molecule has 2 rings (SSSR count). The lowest BCUT2D eigenvalue weighted by atomic mass is 9.79. The Morgan fingerprint density at radius 2 is 1.78 bits per heavy atom. The first-order chi connectivity index (χ1) is 10.6. The van der Waals surface area contributed by atoms with Crippen molar-refractivity contribution in [3.8, 4) is 0 Å². The van der Waals surface area contributed by atoms with E-state index in [4.69, 9.17) is 0 Å². The van der Waals surface area contributed by atoms with E-state index in [1.807, 2.05) is 6.07 Å². The number of pyridine rings is 1. The summed E-state index contributed by atoms with van der Waals surface area (Å²) < 4.78 is 0.962. The molecule has 1 aliphatic heterocycles. The zero-order valence-electron chi connectivity index (χ0n) is 13.9. The maximum Gasteiger partial charge on any atom is 0.314 e. The number of halogens is 1. The summed E-state index contributed by atoms with van der Waals surface area (Å²) in [6.45, 7) is 8.40. The molecule has 0 aliphatic carbocycles. The van der Waals surface area contributed by atoms with Crippen molar-refractivity contribution in [1.82, 2.24) is 15.6 Å². The molecule has 2 heterocycles. The fourth-order valence-corrected chi connectivity index (χ4v) is 3.62. The highest BCUT2D eigenvalue weighted by Crippen LogP contribution is 2.28. The third kappa shape index (κ3) is 5.42. The number of carbonyl (C=O) groups is 2. The van der Waals surface area contributed by atoms with E-state index in [2.05, 4.69) is 71.2 Å². The highest BCUT2D eigenvalue weighted by atomic mass is 127. The normalized spacial score (nSPS) is 19.9. The average molecular weight is 430 g/mol. The molecule has 3 N–H and O–H groups in total. The molecule has 0 spiro atoms. The maximum absolute atomic E-state index is 12.1. The van der Waals surface area contributed by atoms with Gasteiger partial charge in [0.1, 0.15) is 5.82 Å². The number of rotatable bonds is 2. The summed E-state index contributed by atoms with van der Waals surface area (Å²) in [4.78, 5) is 28.2. The molecule has 0 radical (unpaired) electrons. The molecule has 1 aromatic rings. The van der Waals surface area contributed by atoms with E-state index in [-0.39, 0.29) is 17.1 Å². The predicted molar refractivity (Wildman–Crippen MR) is 98.0 cm³/mol. The van der Waals surface area contributed by atoms with Crippen LogP contribution in [0.4, 0.5) is 5.82 Å². The van der Waals surface area contributed by atoms with Crippen LogP contribution in [0.25, 0.3) is 0 Å². The van der Waals surface area contributed by atoms with Gasteiger partial charge in [0.25, 0.3) is 0 Å². The summed E-state index contributed by atoms with van der Waals surface area (Å²) in [5.41, 5.74) is -0.179. The summed E-state index contributed by atoms with van der Waals surface area (Å²) >= 11 is 2.13. The van der Waals surface area contributed by atoms with Gasteiger partial charge in [-0.1, -0.05) is 0 Å². The van der Waals surface area contributed by atoms with Gasteiger partial charge in [0, 0.05) is 26.9 Å². The molecule has 6 nitrogen and oxygen atoms in total. The second-order valence-electron chi connectivity index (χ2n) is 7.29. The summed E-state index contributed by atoms with van der Waals surface area (Å²) in [5.74, 6) is -0.937. The van der Waals surface area contributed by atoms with E-state index in [0.717, 1.165) is 16.4 Å². The van der Waals surface area contributed by atoms with Gasteiger partial charge in [-0.15, -0.1) is 0 Å². The Kier molecular flexibility index (Phi) is 5.30. The first-order valence-corrected chi connectivity index (χ1v) is 8.67. The Morgan fingerprint density at radius 1 is 1.17 bits per heavy atom. The number of amides is 2. The number of nitrogens with zero attached hydrogens (tertiary/aromatic N) is 1. The number of aromatic nitrogens is 1. The van der Waals surface area contributed by atoms with Crippen molar-refractivity contribution in [2.45, 2.75) is 57.7 Å². The Morgan fingerprint density at radius 3 is 2.30 bits per heavy atom. The number of carbonyl (C=O) groups excluding carboxylic acids is 2. The molecule has 0 bridgehead atoms. The minimum Gasteiger partial charge on any atom is -0.345 e. The van der Waals surface area contributed by atoms with Crippen LogP contribution in [0, 0.1) is 3.57 Å². The van der Waals surface area contributed by atoms with Crippen molar-refractivity contribution >= 4 is 40.2 Å². The van der Waals surface area contributed by atoms with Crippen molar-refractivity contribution in [2.75, 3.05) is 5.32 Å². The number of anilines is 1. The SMILES string of the molecule is CC1(C)CC(NC(=O)C(=O)Nc2ccc(I)cn2)CC(C)(C)N1. The third-order valence-corrected chi connectivity index (χ3v) is 4.34. The second-order valence-corrected chi connectivity index (χ2v) is 8.53. The molecule has 0 unspecified atom stereocenters. The molecule has 1 aliphatic rings. The number of hydrogen-bond acceptors (Lipinski definition) is 4. The van der Waals surface area contributed by atoms with Crippen LogP contribution in [0.15, 0.2) is 18.3 Å². The summed E-state index contributed by atoms with van der Waals surface area (Å²) in [7, 11) is 0.